The van der Waals surface area contributed by atoms with Crippen LogP contribution in [0.25, 0.3) is 0 Å². The van der Waals surface area contributed by atoms with Gasteiger partial charge in [0.15, 0.2) is 11.5 Å². The van der Waals surface area contributed by atoms with Gasteiger partial charge >= 0.3 is 0 Å². The maximum Gasteiger partial charge on any atom is 0.231 e. The zero-order chi connectivity index (χ0) is 11.1. The van der Waals surface area contributed by atoms with E-state index in [9.17, 15) is 0 Å². The highest BCUT2D eigenvalue weighted by Gasteiger charge is 2.33. The van der Waals surface area contributed by atoms with E-state index in [0.29, 0.717) is 17.4 Å². The average Bonchev–Trinajstić information content (AvgIpc) is 3.05. The van der Waals surface area contributed by atoms with E-state index in [1.54, 1.807) is 14.2 Å². The quantitative estimate of drug-likeness (QED) is 0.786. The molecule has 0 saturated heterocycles. The lowest BCUT2D eigenvalue weighted by Crippen LogP contribution is -1.97. The van der Waals surface area contributed by atoms with Crippen molar-refractivity contribution in [2.45, 2.75) is 18.8 Å². The Bertz CT molecular complexity index is 424. The lowest BCUT2D eigenvalue weighted by molar-refractivity contribution is 0.170. The SMILES string of the molecule is COc1c(C2CC2)cc2c(c1OC)OCO2. The zero-order valence-electron chi connectivity index (χ0n) is 9.41. The fourth-order valence-corrected chi connectivity index (χ4v) is 2.11. The molecular formula is C12H14O4. The van der Waals surface area contributed by atoms with E-state index in [2.05, 4.69) is 0 Å². The molecule has 2 aliphatic rings. The molecule has 0 bridgehead atoms. The van der Waals surface area contributed by atoms with Crippen LogP contribution in [0.3, 0.4) is 0 Å². The second kappa shape index (κ2) is 3.47. The monoisotopic (exact) mass is 222 g/mol. The van der Waals surface area contributed by atoms with E-state index in [0.717, 1.165) is 11.5 Å². The molecule has 1 aliphatic heterocycles. The summed E-state index contributed by atoms with van der Waals surface area (Å²) in [6, 6.07) is 2.02. The minimum atomic E-state index is 0.253. The van der Waals surface area contributed by atoms with Crippen molar-refractivity contribution in [3.8, 4) is 23.0 Å². The molecule has 0 atom stereocenters. The molecule has 0 amide bonds. The van der Waals surface area contributed by atoms with Crippen LogP contribution in [-0.4, -0.2) is 21.0 Å². The van der Waals surface area contributed by atoms with Crippen molar-refractivity contribution in [2.75, 3.05) is 21.0 Å². The van der Waals surface area contributed by atoms with Crippen molar-refractivity contribution in [2.24, 2.45) is 0 Å². The lowest BCUT2D eigenvalue weighted by atomic mass is 10.1. The fraction of sp³-hybridized carbons (Fsp3) is 0.500. The number of ether oxygens (including phenoxy) is 4. The molecule has 0 aromatic heterocycles. The van der Waals surface area contributed by atoms with Crippen molar-refractivity contribution in [1.82, 2.24) is 0 Å². The van der Waals surface area contributed by atoms with Gasteiger partial charge in [-0.3, -0.25) is 0 Å². The maximum absolute atomic E-state index is 5.43. The van der Waals surface area contributed by atoms with Crippen molar-refractivity contribution in [3.05, 3.63) is 11.6 Å². The van der Waals surface area contributed by atoms with Gasteiger partial charge in [0.05, 0.1) is 14.2 Å². The number of methoxy groups -OCH3 is 2. The Labute approximate surface area is 94.1 Å². The average molecular weight is 222 g/mol. The molecule has 0 unspecified atom stereocenters. The summed E-state index contributed by atoms with van der Waals surface area (Å²) in [6.45, 7) is 0.253. The van der Waals surface area contributed by atoms with Crippen LogP contribution in [-0.2, 0) is 0 Å². The summed E-state index contributed by atoms with van der Waals surface area (Å²) in [6.07, 6.45) is 2.41. The molecule has 0 N–H and O–H groups in total. The zero-order valence-corrected chi connectivity index (χ0v) is 9.41. The molecule has 16 heavy (non-hydrogen) atoms. The first-order valence-corrected chi connectivity index (χ1v) is 5.39. The van der Waals surface area contributed by atoms with Gasteiger partial charge in [-0.05, 0) is 24.8 Å². The topological polar surface area (TPSA) is 36.9 Å². The molecule has 1 aliphatic carbocycles. The third kappa shape index (κ3) is 1.29. The normalized spacial score (nSPS) is 17.4. The van der Waals surface area contributed by atoms with Gasteiger partial charge < -0.3 is 18.9 Å². The van der Waals surface area contributed by atoms with Gasteiger partial charge in [0.1, 0.15) is 0 Å². The van der Waals surface area contributed by atoms with E-state index in [1.165, 1.54) is 18.4 Å². The molecule has 1 fully saturated rings. The number of hydrogen-bond acceptors (Lipinski definition) is 4. The molecule has 0 radical (unpaired) electrons. The summed E-state index contributed by atoms with van der Waals surface area (Å²) >= 11 is 0. The van der Waals surface area contributed by atoms with E-state index in [4.69, 9.17) is 18.9 Å². The Morgan fingerprint density at radius 2 is 1.88 bits per heavy atom. The van der Waals surface area contributed by atoms with Gasteiger partial charge in [-0.25, -0.2) is 0 Å². The Hall–Kier alpha value is -1.58. The molecule has 1 heterocycles. The summed E-state index contributed by atoms with van der Waals surface area (Å²) in [5, 5.41) is 0. The van der Waals surface area contributed by atoms with Crippen LogP contribution < -0.4 is 18.9 Å². The van der Waals surface area contributed by atoms with Crippen LogP contribution in [0.4, 0.5) is 0 Å². The highest BCUT2D eigenvalue weighted by atomic mass is 16.7. The van der Waals surface area contributed by atoms with Gasteiger partial charge in [-0.1, -0.05) is 0 Å². The predicted molar refractivity (Wildman–Crippen MR) is 57.6 cm³/mol. The van der Waals surface area contributed by atoms with Crippen LogP contribution >= 0.6 is 0 Å². The summed E-state index contributed by atoms with van der Waals surface area (Å²) in [5.74, 6) is 3.44. The van der Waals surface area contributed by atoms with Crippen LogP contribution in [0, 0.1) is 0 Å². The van der Waals surface area contributed by atoms with Crippen molar-refractivity contribution in [3.63, 3.8) is 0 Å². The first kappa shape index (κ1) is 9.63. The van der Waals surface area contributed by atoms with E-state index >= 15 is 0 Å². The van der Waals surface area contributed by atoms with Crippen LogP contribution in [0.15, 0.2) is 6.07 Å². The second-order valence-electron chi connectivity index (χ2n) is 4.04. The fourth-order valence-electron chi connectivity index (χ4n) is 2.11. The minimum Gasteiger partial charge on any atom is -0.492 e. The molecule has 3 rings (SSSR count). The van der Waals surface area contributed by atoms with Gasteiger partial charge in [0, 0.05) is 5.56 Å². The van der Waals surface area contributed by atoms with Gasteiger partial charge in [-0.15, -0.1) is 0 Å². The van der Waals surface area contributed by atoms with E-state index < -0.39 is 0 Å². The largest absolute Gasteiger partial charge is 0.492 e. The van der Waals surface area contributed by atoms with Gasteiger partial charge in [0.25, 0.3) is 0 Å². The summed E-state index contributed by atoms with van der Waals surface area (Å²) in [4.78, 5) is 0. The highest BCUT2D eigenvalue weighted by Crippen LogP contribution is 2.55. The molecule has 1 aromatic carbocycles. The van der Waals surface area contributed by atoms with Crippen molar-refractivity contribution >= 4 is 0 Å². The Balaban J connectivity index is 2.18. The smallest absolute Gasteiger partial charge is 0.231 e. The standard InChI is InChI=1S/C12H14O4/c1-13-10-8(7-3-4-7)5-9-11(12(10)14-2)16-6-15-9/h5,7H,3-4,6H2,1-2H3. The van der Waals surface area contributed by atoms with Crippen LogP contribution in [0.1, 0.15) is 24.3 Å². The summed E-state index contributed by atoms with van der Waals surface area (Å²) in [5.41, 5.74) is 1.17. The van der Waals surface area contributed by atoms with Crippen LogP contribution in [0.5, 0.6) is 23.0 Å². The molecule has 4 nitrogen and oxygen atoms in total. The summed E-state index contributed by atoms with van der Waals surface area (Å²) in [7, 11) is 3.28. The Morgan fingerprint density at radius 1 is 1.12 bits per heavy atom. The molecule has 86 valence electrons. The number of benzene rings is 1. The Morgan fingerprint density at radius 3 is 2.50 bits per heavy atom. The van der Waals surface area contributed by atoms with E-state index in [1.807, 2.05) is 6.07 Å². The third-order valence-corrected chi connectivity index (χ3v) is 3.03. The molecule has 0 spiro atoms. The number of hydrogen-bond donors (Lipinski definition) is 0. The molecule has 1 saturated carbocycles. The third-order valence-electron chi connectivity index (χ3n) is 3.03. The predicted octanol–water partition coefficient (Wildman–Crippen LogP) is 2.31. The van der Waals surface area contributed by atoms with Crippen molar-refractivity contribution < 1.29 is 18.9 Å². The number of rotatable bonds is 3. The van der Waals surface area contributed by atoms with Gasteiger partial charge in [0.2, 0.25) is 18.3 Å². The first-order valence-electron chi connectivity index (χ1n) is 5.39. The first-order chi connectivity index (χ1) is 7.85. The van der Waals surface area contributed by atoms with E-state index in [-0.39, 0.29) is 6.79 Å². The van der Waals surface area contributed by atoms with Crippen molar-refractivity contribution in [1.29, 1.82) is 0 Å². The number of fused-ring (bicyclic) bond motifs is 1. The van der Waals surface area contributed by atoms with Crippen LogP contribution in [0.2, 0.25) is 0 Å². The summed E-state index contributed by atoms with van der Waals surface area (Å²) < 4.78 is 21.6. The highest BCUT2D eigenvalue weighted by molar-refractivity contribution is 5.65. The molecule has 4 heteroatoms. The minimum absolute atomic E-state index is 0.253. The molecule has 1 aromatic rings. The maximum atomic E-state index is 5.43. The second-order valence-corrected chi connectivity index (χ2v) is 4.04. The molecular weight excluding hydrogens is 208 g/mol. The van der Waals surface area contributed by atoms with Gasteiger partial charge in [-0.2, -0.15) is 0 Å². The lowest BCUT2D eigenvalue weighted by Gasteiger charge is -2.14. The Kier molecular flexibility index (Phi) is 2.09.